The molecule has 4 heteroatoms. The first-order valence-electron chi connectivity index (χ1n) is 8.80. The van der Waals surface area contributed by atoms with Gasteiger partial charge < -0.3 is 10.2 Å². The van der Waals surface area contributed by atoms with E-state index < -0.39 is 0 Å². The highest BCUT2D eigenvalue weighted by molar-refractivity contribution is 5.94. The number of hydrogen-bond donors (Lipinski definition) is 1. The van der Waals surface area contributed by atoms with Crippen LogP contribution in [0.5, 0.6) is 0 Å². The van der Waals surface area contributed by atoms with Crippen LogP contribution in [0.2, 0.25) is 0 Å². The molecule has 0 saturated heterocycles. The molecule has 142 valence electrons. The van der Waals surface area contributed by atoms with Crippen molar-refractivity contribution in [3.8, 4) is 0 Å². The smallest absolute Gasteiger partial charge is 0.251 e. The summed E-state index contributed by atoms with van der Waals surface area (Å²) in [5.41, 5.74) is 4.47. The average Bonchev–Trinajstić information content (AvgIpc) is 2.54. The Bertz CT molecular complexity index is 718. The van der Waals surface area contributed by atoms with Crippen LogP contribution in [0.4, 0.5) is 0 Å². The number of benzene rings is 2. The van der Waals surface area contributed by atoms with E-state index in [0.29, 0.717) is 12.1 Å². The minimum Gasteiger partial charge on any atom is -0.350 e. The molecule has 0 aliphatic rings. The van der Waals surface area contributed by atoms with E-state index in [2.05, 4.69) is 55.3 Å². The Morgan fingerprint density at radius 1 is 1.08 bits per heavy atom. The lowest BCUT2D eigenvalue weighted by molar-refractivity contribution is 0.0942. The van der Waals surface area contributed by atoms with Gasteiger partial charge in [0, 0.05) is 12.1 Å². The van der Waals surface area contributed by atoms with Crippen LogP contribution in [0.25, 0.3) is 0 Å². The van der Waals surface area contributed by atoms with Crippen LogP contribution < -0.4 is 5.32 Å². The largest absolute Gasteiger partial charge is 0.350 e. The van der Waals surface area contributed by atoms with E-state index in [1.54, 1.807) is 0 Å². The van der Waals surface area contributed by atoms with E-state index in [1.807, 2.05) is 45.3 Å². The first-order chi connectivity index (χ1) is 11.7. The highest BCUT2D eigenvalue weighted by Gasteiger charge is 2.18. The number of carbonyl (C=O) groups is 1. The molecule has 0 fully saturated rings. The van der Waals surface area contributed by atoms with Gasteiger partial charge in [0.15, 0.2) is 0 Å². The van der Waals surface area contributed by atoms with E-state index in [0.717, 1.165) is 5.56 Å². The van der Waals surface area contributed by atoms with E-state index in [4.69, 9.17) is 0 Å². The maximum Gasteiger partial charge on any atom is 0.251 e. The molecule has 2 rings (SSSR count). The van der Waals surface area contributed by atoms with Gasteiger partial charge in [-0.25, -0.2) is 0 Å². The van der Waals surface area contributed by atoms with Gasteiger partial charge in [-0.15, -0.1) is 12.4 Å². The standard InChI is InChI=1S/C22H30N2O.ClH/c1-16-8-7-9-18(14-16)21(25)23-15-20(24(5)6)17-10-12-19(13-11-17)22(2,3)4;/h7-14,20H,15H2,1-6H3,(H,23,25);1H. The molecule has 3 nitrogen and oxygen atoms in total. The number of carbonyl (C=O) groups excluding carboxylic acids is 1. The first kappa shape index (κ1) is 22.2. The molecular weight excluding hydrogens is 344 g/mol. The Labute approximate surface area is 164 Å². The molecule has 1 atom stereocenters. The quantitative estimate of drug-likeness (QED) is 0.819. The van der Waals surface area contributed by atoms with Crippen LogP contribution in [-0.2, 0) is 5.41 Å². The minimum atomic E-state index is -0.0261. The van der Waals surface area contributed by atoms with Crippen LogP contribution in [0, 0.1) is 6.92 Å². The molecule has 0 aromatic heterocycles. The predicted octanol–water partition coefficient (Wildman–Crippen LogP) is 4.75. The van der Waals surface area contributed by atoms with Gasteiger partial charge in [0.05, 0.1) is 6.04 Å². The molecule has 0 heterocycles. The highest BCUT2D eigenvalue weighted by atomic mass is 35.5. The SMILES string of the molecule is Cc1cccc(C(=O)NCC(c2ccc(C(C)(C)C)cc2)N(C)C)c1.Cl. The van der Waals surface area contributed by atoms with Gasteiger partial charge in [0.1, 0.15) is 0 Å². The second kappa shape index (κ2) is 9.20. The normalized spacial score (nSPS) is 12.4. The van der Waals surface area contributed by atoms with Crippen molar-refractivity contribution in [1.29, 1.82) is 0 Å². The fraction of sp³-hybridized carbons (Fsp3) is 0.409. The maximum absolute atomic E-state index is 12.4. The Balaban J connectivity index is 0.00000338. The van der Waals surface area contributed by atoms with Gasteiger partial charge in [-0.1, -0.05) is 62.7 Å². The summed E-state index contributed by atoms with van der Waals surface area (Å²) in [5, 5.41) is 3.07. The van der Waals surface area contributed by atoms with E-state index >= 15 is 0 Å². The topological polar surface area (TPSA) is 32.3 Å². The fourth-order valence-corrected chi connectivity index (χ4v) is 2.88. The first-order valence-corrected chi connectivity index (χ1v) is 8.80. The molecule has 0 radical (unpaired) electrons. The summed E-state index contributed by atoms with van der Waals surface area (Å²) in [5.74, 6) is -0.0261. The van der Waals surface area contributed by atoms with Gasteiger partial charge in [-0.2, -0.15) is 0 Å². The third-order valence-corrected chi connectivity index (χ3v) is 4.52. The van der Waals surface area contributed by atoms with Crippen LogP contribution in [-0.4, -0.2) is 31.4 Å². The number of aryl methyl sites for hydroxylation is 1. The zero-order valence-electron chi connectivity index (χ0n) is 16.7. The van der Waals surface area contributed by atoms with Crippen molar-refractivity contribution < 1.29 is 4.79 Å². The van der Waals surface area contributed by atoms with Crippen molar-refractivity contribution in [3.05, 3.63) is 70.8 Å². The van der Waals surface area contributed by atoms with E-state index in [-0.39, 0.29) is 29.8 Å². The lowest BCUT2D eigenvalue weighted by atomic mass is 9.86. The number of hydrogen-bond acceptors (Lipinski definition) is 2. The zero-order valence-corrected chi connectivity index (χ0v) is 17.5. The minimum absolute atomic E-state index is 0. The molecule has 0 aliphatic heterocycles. The number of amides is 1. The third-order valence-electron chi connectivity index (χ3n) is 4.52. The molecule has 1 N–H and O–H groups in total. The number of nitrogens with one attached hydrogen (secondary N) is 1. The molecule has 0 spiro atoms. The van der Waals surface area contributed by atoms with Crippen molar-refractivity contribution in [2.75, 3.05) is 20.6 Å². The third kappa shape index (κ3) is 5.86. The van der Waals surface area contributed by atoms with E-state index in [9.17, 15) is 4.79 Å². The summed E-state index contributed by atoms with van der Waals surface area (Å²) >= 11 is 0. The highest BCUT2D eigenvalue weighted by Crippen LogP contribution is 2.25. The summed E-state index contributed by atoms with van der Waals surface area (Å²) in [6.07, 6.45) is 0. The predicted molar refractivity (Wildman–Crippen MR) is 112 cm³/mol. The zero-order chi connectivity index (χ0) is 18.6. The monoisotopic (exact) mass is 374 g/mol. The molecule has 1 unspecified atom stereocenters. The average molecular weight is 375 g/mol. The second-order valence-corrected chi connectivity index (χ2v) is 7.93. The number of halogens is 1. The Morgan fingerprint density at radius 3 is 2.19 bits per heavy atom. The second-order valence-electron chi connectivity index (χ2n) is 7.93. The van der Waals surface area contributed by atoms with Gasteiger partial charge >= 0.3 is 0 Å². The summed E-state index contributed by atoms with van der Waals surface area (Å²) < 4.78 is 0. The fourth-order valence-electron chi connectivity index (χ4n) is 2.88. The van der Waals surface area contributed by atoms with Gasteiger partial charge in [-0.05, 0) is 49.7 Å². The van der Waals surface area contributed by atoms with Crippen molar-refractivity contribution in [3.63, 3.8) is 0 Å². The molecule has 1 amide bonds. The molecule has 0 aliphatic carbocycles. The summed E-state index contributed by atoms with van der Waals surface area (Å²) in [6, 6.07) is 16.5. The van der Waals surface area contributed by atoms with Crippen LogP contribution in [0.3, 0.4) is 0 Å². The van der Waals surface area contributed by atoms with E-state index in [1.165, 1.54) is 11.1 Å². The molecule has 2 aromatic carbocycles. The van der Waals surface area contributed by atoms with Crippen LogP contribution in [0.15, 0.2) is 48.5 Å². The van der Waals surface area contributed by atoms with Crippen LogP contribution in [0.1, 0.15) is 53.9 Å². The summed E-state index contributed by atoms with van der Waals surface area (Å²) in [6.45, 7) is 9.22. The number of nitrogens with zero attached hydrogens (tertiary/aromatic N) is 1. The molecule has 0 bridgehead atoms. The molecule has 26 heavy (non-hydrogen) atoms. The van der Waals surface area contributed by atoms with Gasteiger partial charge in [0.25, 0.3) is 5.91 Å². The van der Waals surface area contributed by atoms with Gasteiger partial charge in [-0.3, -0.25) is 4.79 Å². The Hall–Kier alpha value is -1.84. The van der Waals surface area contributed by atoms with Crippen molar-refractivity contribution >= 4 is 18.3 Å². The lowest BCUT2D eigenvalue weighted by Crippen LogP contribution is -2.34. The maximum atomic E-state index is 12.4. The van der Waals surface area contributed by atoms with Crippen LogP contribution >= 0.6 is 12.4 Å². The summed E-state index contributed by atoms with van der Waals surface area (Å²) in [7, 11) is 4.09. The molecule has 0 saturated carbocycles. The number of rotatable bonds is 5. The van der Waals surface area contributed by atoms with Crippen molar-refractivity contribution in [2.24, 2.45) is 0 Å². The van der Waals surface area contributed by atoms with Gasteiger partial charge in [0.2, 0.25) is 0 Å². The number of likely N-dealkylation sites (N-methyl/N-ethyl adjacent to an activating group) is 1. The Kier molecular flexibility index (Phi) is 7.86. The molecular formula is C22H31ClN2O. The molecule has 2 aromatic rings. The lowest BCUT2D eigenvalue weighted by Gasteiger charge is -2.26. The van der Waals surface area contributed by atoms with Crippen molar-refractivity contribution in [1.82, 2.24) is 10.2 Å². The van der Waals surface area contributed by atoms with Crippen molar-refractivity contribution in [2.45, 2.75) is 39.2 Å². The summed E-state index contributed by atoms with van der Waals surface area (Å²) in [4.78, 5) is 14.6. The Morgan fingerprint density at radius 2 is 1.69 bits per heavy atom.